The summed E-state index contributed by atoms with van der Waals surface area (Å²) in [4.78, 5) is 13.8. The fourth-order valence-electron chi connectivity index (χ4n) is 1.81. The number of nitriles is 1. The number of hydrogen-bond donors (Lipinski definition) is 2. The van der Waals surface area contributed by atoms with Crippen molar-refractivity contribution in [1.29, 1.82) is 5.26 Å². The Morgan fingerprint density at radius 3 is 2.80 bits per heavy atom. The van der Waals surface area contributed by atoms with Gasteiger partial charge in [-0.15, -0.1) is 0 Å². The van der Waals surface area contributed by atoms with E-state index in [9.17, 15) is 4.79 Å². The summed E-state index contributed by atoms with van der Waals surface area (Å²) in [6.07, 6.45) is 0.913. The zero-order valence-corrected chi connectivity index (χ0v) is 12.2. The van der Waals surface area contributed by atoms with Gasteiger partial charge in [0.05, 0.1) is 23.7 Å². The summed E-state index contributed by atoms with van der Waals surface area (Å²) in [5.41, 5.74) is 0.928. The van der Waals surface area contributed by atoms with E-state index in [-0.39, 0.29) is 19.1 Å². The minimum absolute atomic E-state index is 0.0238. The van der Waals surface area contributed by atoms with Crippen LogP contribution in [0.25, 0.3) is 0 Å². The molecule has 2 N–H and O–H groups in total. The maximum Gasteiger partial charge on any atom is 0.238 e. The largest absolute Gasteiger partial charge is 0.395 e. The lowest BCUT2D eigenvalue weighted by Crippen LogP contribution is -2.35. The minimum atomic E-state index is -0.173. The highest BCUT2D eigenvalue weighted by Crippen LogP contribution is 2.20. The smallest absolute Gasteiger partial charge is 0.238 e. The number of carbonyl (C=O) groups excluding carboxylic acids is 1. The molecule has 108 valence electrons. The third-order valence-electron chi connectivity index (χ3n) is 2.70. The van der Waals surface area contributed by atoms with E-state index in [1.165, 1.54) is 0 Å². The molecule has 0 aliphatic heterocycles. The SMILES string of the molecule is CCCN(CCO)CC(=O)Nc1ccc(C#N)c(Cl)c1. The summed E-state index contributed by atoms with van der Waals surface area (Å²) in [7, 11) is 0. The molecule has 0 aromatic heterocycles. The van der Waals surface area contributed by atoms with E-state index < -0.39 is 0 Å². The summed E-state index contributed by atoms with van der Waals surface area (Å²) in [6.45, 7) is 3.47. The Labute approximate surface area is 123 Å². The highest BCUT2D eigenvalue weighted by molar-refractivity contribution is 6.32. The van der Waals surface area contributed by atoms with Crippen molar-refractivity contribution >= 4 is 23.2 Å². The van der Waals surface area contributed by atoms with E-state index in [0.29, 0.717) is 22.8 Å². The molecule has 0 saturated heterocycles. The molecule has 0 aliphatic rings. The molecule has 0 unspecified atom stereocenters. The van der Waals surface area contributed by atoms with Gasteiger partial charge in [0.25, 0.3) is 0 Å². The molecule has 5 nitrogen and oxygen atoms in total. The summed E-state index contributed by atoms with van der Waals surface area (Å²) >= 11 is 5.90. The Morgan fingerprint density at radius 2 is 2.25 bits per heavy atom. The number of hydrogen-bond acceptors (Lipinski definition) is 4. The molecule has 0 bridgehead atoms. The van der Waals surface area contributed by atoms with Crippen molar-refractivity contribution < 1.29 is 9.90 Å². The number of amides is 1. The van der Waals surface area contributed by atoms with Gasteiger partial charge in [0.2, 0.25) is 5.91 Å². The number of halogens is 1. The van der Waals surface area contributed by atoms with Crippen molar-refractivity contribution in [3.8, 4) is 6.07 Å². The highest BCUT2D eigenvalue weighted by atomic mass is 35.5. The first kappa shape index (κ1) is 16.4. The number of aliphatic hydroxyl groups excluding tert-OH is 1. The van der Waals surface area contributed by atoms with E-state index in [1.807, 2.05) is 17.9 Å². The van der Waals surface area contributed by atoms with Crippen LogP contribution in [0.5, 0.6) is 0 Å². The fraction of sp³-hybridized carbons (Fsp3) is 0.429. The van der Waals surface area contributed by atoms with Gasteiger partial charge in [-0.2, -0.15) is 5.26 Å². The van der Waals surface area contributed by atoms with Gasteiger partial charge in [-0.1, -0.05) is 18.5 Å². The van der Waals surface area contributed by atoms with Gasteiger partial charge in [0, 0.05) is 12.2 Å². The van der Waals surface area contributed by atoms with Crippen LogP contribution in [0.1, 0.15) is 18.9 Å². The monoisotopic (exact) mass is 295 g/mol. The van der Waals surface area contributed by atoms with Gasteiger partial charge in [-0.05, 0) is 31.2 Å². The molecule has 0 aliphatic carbocycles. The Kier molecular flexibility index (Phi) is 7.02. The maximum atomic E-state index is 11.9. The number of nitrogens with one attached hydrogen (secondary N) is 1. The first-order valence-electron chi connectivity index (χ1n) is 6.43. The van der Waals surface area contributed by atoms with Crippen molar-refractivity contribution in [3.63, 3.8) is 0 Å². The molecule has 0 radical (unpaired) electrons. The van der Waals surface area contributed by atoms with Crippen LogP contribution in [0.3, 0.4) is 0 Å². The molecule has 0 fully saturated rings. The van der Waals surface area contributed by atoms with Crippen molar-refractivity contribution in [2.75, 3.05) is 31.6 Å². The molecule has 0 spiro atoms. The van der Waals surface area contributed by atoms with Crippen LogP contribution < -0.4 is 5.32 Å². The second kappa shape index (κ2) is 8.54. The highest BCUT2D eigenvalue weighted by Gasteiger charge is 2.10. The van der Waals surface area contributed by atoms with Crippen LogP contribution in [-0.4, -0.2) is 42.2 Å². The standard InChI is InChI=1S/C14H18ClN3O2/c1-2-5-18(6-7-19)10-14(20)17-12-4-3-11(9-16)13(15)8-12/h3-4,8,19H,2,5-7,10H2,1H3,(H,17,20). The molecule has 0 saturated carbocycles. The predicted octanol–water partition coefficient (Wildman–Crippen LogP) is 1.85. The van der Waals surface area contributed by atoms with Crippen molar-refractivity contribution in [2.24, 2.45) is 0 Å². The first-order chi connectivity index (χ1) is 9.60. The lowest BCUT2D eigenvalue weighted by Gasteiger charge is -2.19. The summed E-state index contributed by atoms with van der Waals surface area (Å²) < 4.78 is 0. The average Bonchev–Trinajstić information content (AvgIpc) is 2.39. The van der Waals surface area contributed by atoms with Gasteiger partial charge < -0.3 is 10.4 Å². The Balaban J connectivity index is 2.61. The van der Waals surface area contributed by atoms with Gasteiger partial charge in [-0.3, -0.25) is 9.69 Å². The number of rotatable bonds is 7. The predicted molar refractivity (Wildman–Crippen MR) is 78.6 cm³/mol. The Hall–Kier alpha value is -1.61. The number of nitrogens with zero attached hydrogens (tertiary/aromatic N) is 2. The van der Waals surface area contributed by atoms with Crippen LogP contribution >= 0.6 is 11.6 Å². The number of benzene rings is 1. The lowest BCUT2D eigenvalue weighted by atomic mass is 10.2. The Morgan fingerprint density at radius 1 is 1.50 bits per heavy atom. The molecular formula is C14H18ClN3O2. The minimum Gasteiger partial charge on any atom is -0.395 e. The molecular weight excluding hydrogens is 278 g/mol. The van der Waals surface area contributed by atoms with Crippen molar-refractivity contribution in [2.45, 2.75) is 13.3 Å². The summed E-state index contributed by atoms with van der Waals surface area (Å²) in [5.74, 6) is -0.173. The molecule has 1 rings (SSSR count). The molecule has 6 heteroatoms. The van der Waals surface area contributed by atoms with Gasteiger partial charge in [0.15, 0.2) is 0 Å². The van der Waals surface area contributed by atoms with E-state index >= 15 is 0 Å². The quantitative estimate of drug-likeness (QED) is 0.805. The van der Waals surface area contributed by atoms with E-state index in [1.54, 1.807) is 18.2 Å². The molecule has 1 aromatic rings. The normalized spacial score (nSPS) is 10.3. The number of aliphatic hydroxyl groups is 1. The number of anilines is 1. The van der Waals surface area contributed by atoms with Gasteiger partial charge in [-0.25, -0.2) is 0 Å². The topological polar surface area (TPSA) is 76.4 Å². The molecule has 0 heterocycles. The second-order valence-electron chi connectivity index (χ2n) is 4.35. The van der Waals surface area contributed by atoms with Crippen LogP contribution in [0.2, 0.25) is 5.02 Å². The lowest BCUT2D eigenvalue weighted by molar-refractivity contribution is -0.117. The average molecular weight is 296 g/mol. The van der Waals surface area contributed by atoms with Crippen LogP contribution in [-0.2, 0) is 4.79 Å². The van der Waals surface area contributed by atoms with Crippen LogP contribution in [0, 0.1) is 11.3 Å². The third-order valence-corrected chi connectivity index (χ3v) is 3.01. The Bertz CT molecular complexity index is 494. The molecule has 1 amide bonds. The van der Waals surface area contributed by atoms with Crippen molar-refractivity contribution in [1.82, 2.24) is 4.90 Å². The molecule has 0 atom stereocenters. The molecule has 20 heavy (non-hydrogen) atoms. The summed E-state index contributed by atoms with van der Waals surface area (Å²) in [5, 5.41) is 20.8. The molecule has 1 aromatic carbocycles. The number of carbonyl (C=O) groups is 1. The first-order valence-corrected chi connectivity index (χ1v) is 6.81. The van der Waals surface area contributed by atoms with E-state index in [0.717, 1.165) is 13.0 Å². The fourth-order valence-corrected chi connectivity index (χ4v) is 2.04. The second-order valence-corrected chi connectivity index (χ2v) is 4.76. The zero-order chi connectivity index (χ0) is 15.0. The van der Waals surface area contributed by atoms with Gasteiger partial charge >= 0.3 is 0 Å². The van der Waals surface area contributed by atoms with E-state index in [4.69, 9.17) is 22.0 Å². The van der Waals surface area contributed by atoms with E-state index in [2.05, 4.69) is 5.32 Å². The zero-order valence-electron chi connectivity index (χ0n) is 11.4. The van der Waals surface area contributed by atoms with Crippen molar-refractivity contribution in [3.05, 3.63) is 28.8 Å². The van der Waals surface area contributed by atoms with Crippen LogP contribution in [0.15, 0.2) is 18.2 Å². The van der Waals surface area contributed by atoms with Crippen LogP contribution in [0.4, 0.5) is 5.69 Å². The third kappa shape index (κ3) is 5.17. The van der Waals surface area contributed by atoms with Gasteiger partial charge in [0.1, 0.15) is 6.07 Å². The summed E-state index contributed by atoms with van der Waals surface area (Å²) in [6, 6.07) is 6.71. The maximum absolute atomic E-state index is 11.9.